The van der Waals surface area contributed by atoms with Crippen molar-refractivity contribution in [3.63, 3.8) is 0 Å². The molecule has 0 aliphatic heterocycles. The average Bonchev–Trinajstić information content (AvgIpc) is 3.41. The summed E-state index contributed by atoms with van der Waals surface area (Å²) in [6.07, 6.45) is 0. The maximum Gasteiger partial charge on any atom is 0.139 e. The standard InChI is InChI=1S/C56H52B18/c57-39-25(31-27-29-35(45(63)41(31)59)51(69)55(73)53(71)37(29)49(67)47(65)33(27)43(39)61)21-11-5-10-20(13-21)23-14-22(19-9-4-8-18(12-19)17-6-2-1-3-7-17)15-24(16-23)26-32-28-30-36(46(64)42(32)60)52(70)56(74)54(72)38(30)50(68)48(66)34(28)44(62)40(26)58/h1-16H,57-74H2. The smallest absolute Gasteiger partial charge is 0.100 e. The van der Waals surface area contributed by atoms with E-state index in [9.17, 15) is 0 Å². The first kappa shape index (κ1) is 48.8. The number of hydrogen-bond donors (Lipinski definition) is 0. The quantitative estimate of drug-likeness (QED) is 0.119. The van der Waals surface area contributed by atoms with Crippen LogP contribution in [0.3, 0.4) is 0 Å². The van der Waals surface area contributed by atoms with Gasteiger partial charge in [0.1, 0.15) is 141 Å². The summed E-state index contributed by atoms with van der Waals surface area (Å²) < 4.78 is 0. The van der Waals surface area contributed by atoms with Crippen LogP contribution in [0.2, 0.25) is 0 Å². The lowest BCUT2D eigenvalue weighted by Crippen LogP contribution is -2.48. The van der Waals surface area contributed by atoms with E-state index in [1.54, 1.807) is 0 Å². The van der Waals surface area contributed by atoms with Crippen molar-refractivity contribution in [2.24, 2.45) is 0 Å². The first-order valence-electron chi connectivity index (χ1n) is 27.0. The lowest BCUT2D eigenvalue weighted by molar-refractivity contribution is 1.57. The summed E-state index contributed by atoms with van der Waals surface area (Å²) in [6, 6.07) is 37.0. The molecule has 0 unspecified atom stereocenters. The van der Waals surface area contributed by atoms with Gasteiger partial charge in [-0.3, -0.25) is 0 Å². The molecule has 0 spiro atoms. The highest BCUT2D eigenvalue weighted by Crippen LogP contribution is 2.40. The molecule has 330 valence electrons. The van der Waals surface area contributed by atoms with Crippen molar-refractivity contribution < 1.29 is 0 Å². The Bertz CT molecular complexity index is 4460. The zero-order valence-corrected chi connectivity index (χ0v) is 47.2. The van der Waals surface area contributed by atoms with Crippen LogP contribution < -0.4 is 98.3 Å². The lowest BCUT2D eigenvalue weighted by Gasteiger charge is -2.29. The highest BCUT2D eigenvalue weighted by Gasteiger charge is 2.28. The van der Waals surface area contributed by atoms with Crippen LogP contribution in [-0.4, -0.2) is 141 Å². The zero-order valence-electron chi connectivity index (χ0n) is 47.2. The van der Waals surface area contributed by atoms with Crippen LogP contribution in [0.4, 0.5) is 0 Å². The Kier molecular flexibility index (Phi) is 11.4. The van der Waals surface area contributed by atoms with E-state index in [2.05, 4.69) is 238 Å². The van der Waals surface area contributed by atoms with Gasteiger partial charge >= 0.3 is 0 Å². The second-order valence-electron chi connectivity index (χ2n) is 22.8. The van der Waals surface area contributed by atoms with Crippen LogP contribution in [0.15, 0.2) is 97.1 Å². The summed E-state index contributed by atoms with van der Waals surface area (Å²) in [7, 11) is 42.6. The fourth-order valence-electron chi connectivity index (χ4n) is 14.6. The molecule has 0 aromatic heterocycles. The van der Waals surface area contributed by atoms with Crippen LogP contribution in [0.5, 0.6) is 0 Å². The first-order chi connectivity index (χ1) is 35.3. The normalized spacial score (nSPS) is 11.9. The van der Waals surface area contributed by atoms with E-state index in [4.69, 9.17) is 0 Å². The van der Waals surface area contributed by atoms with Crippen molar-refractivity contribution in [2.45, 2.75) is 0 Å². The molecule has 0 aliphatic rings. The number of benzene rings is 12. The Morgan fingerprint density at radius 1 is 0.149 bits per heavy atom. The molecular weight excluding hydrogens is 867 g/mol. The molecule has 12 rings (SSSR count). The molecule has 0 amide bonds. The third kappa shape index (κ3) is 6.54. The van der Waals surface area contributed by atoms with E-state index < -0.39 is 0 Å². The maximum absolute atomic E-state index is 2.52. The van der Waals surface area contributed by atoms with Gasteiger partial charge in [-0.15, -0.1) is 10.9 Å². The second-order valence-corrected chi connectivity index (χ2v) is 22.8. The average molecular weight is 920 g/mol. The van der Waals surface area contributed by atoms with E-state index in [0.29, 0.717) is 0 Å². The predicted molar refractivity (Wildman–Crippen MR) is 388 cm³/mol. The number of rotatable bonds is 5. The monoisotopic (exact) mass is 923 g/mol. The fraction of sp³-hybridized carbons (Fsp3) is 0. The summed E-state index contributed by atoms with van der Waals surface area (Å²) >= 11 is 0. The van der Waals surface area contributed by atoms with Gasteiger partial charge in [0.05, 0.1) is 0 Å². The molecule has 0 aliphatic carbocycles. The topological polar surface area (TPSA) is 0 Å². The van der Waals surface area contributed by atoms with Gasteiger partial charge in [-0.25, -0.2) is 0 Å². The third-order valence-electron chi connectivity index (χ3n) is 19.6. The first-order valence-corrected chi connectivity index (χ1v) is 27.0. The van der Waals surface area contributed by atoms with E-state index in [0.717, 1.165) is 0 Å². The largest absolute Gasteiger partial charge is 0.139 e. The molecule has 0 N–H and O–H groups in total. The van der Waals surface area contributed by atoms with Crippen molar-refractivity contribution >= 4 is 304 Å². The molecular formula is C56H52B18. The Balaban J connectivity index is 1.18. The molecule has 18 heteroatoms. The van der Waals surface area contributed by atoms with Gasteiger partial charge in [0.2, 0.25) is 0 Å². The van der Waals surface area contributed by atoms with Crippen LogP contribution in [-0.2, 0) is 0 Å². The Morgan fingerprint density at radius 3 is 0.757 bits per heavy atom. The molecule has 0 saturated carbocycles. The number of hydrogen-bond acceptors (Lipinski definition) is 0. The molecule has 74 heavy (non-hydrogen) atoms. The van der Waals surface area contributed by atoms with E-state index in [-0.39, 0.29) is 0 Å². The Labute approximate surface area is 453 Å². The minimum atomic E-state index is 1.22. The molecule has 0 saturated heterocycles. The summed E-state index contributed by atoms with van der Waals surface area (Å²) in [5.74, 6) is 0. The lowest BCUT2D eigenvalue weighted by atomic mass is 9.58. The molecule has 0 radical (unpaired) electrons. The predicted octanol–water partition coefficient (Wildman–Crippen LogP) is -15.5. The van der Waals surface area contributed by atoms with Gasteiger partial charge in [0.15, 0.2) is 0 Å². The summed E-state index contributed by atoms with van der Waals surface area (Å²) in [5.41, 5.74) is 37.8. The molecule has 12 aromatic carbocycles. The molecule has 0 atom stereocenters. The second kappa shape index (κ2) is 17.2. The SMILES string of the molecule is Bc1c(B)c2c(B)c(B)c3c(B)c(B)c(-c4cccc(-c5cc(-c6cccc(-c7ccccc7)c6)cc(-c6c(B)c(B)c7c(B)c(B)c8c(B)c(B)c(B)c9c(B)c(B)c6c7c89)c5)c4)c4c(B)c(B)c(c1B)c2c34. The molecule has 0 heterocycles. The van der Waals surface area contributed by atoms with Crippen LogP contribution in [0.1, 0.15) is 0 Å². The fourth-order valence-corrected chi connectivity index (χ4v) is 14.6. The minimum absolute atomic E-state index is 1.22. The molecule has 0 fully saturated rings. The summed E-state index contributed by atoms with van der Waals surface area (Å²) in [4.78, 5) is 0. The van der Waals surface area contributed by atoms with Gasteiger partial charge in [-0.05, 0) is 151 Å². The Hall–Kier alpha value is -6.11. The summed E-state index contributed by atoms with van der Waals surface area (Å²) in [5, 5.41) is 17.2. The molecule has 0 nitrogen and oxygen atoms in total. The minimum Gasteiger partial charge on any atom is -0.100 e. The highest BCUT2D eigenvalue weighted by molar-refractivity contribution is 6.77. The Morgan fingerprint density at radius 2 is 0.378 bits per heavy atom. The summed E-state index contributed by atoms with van der Waals surface area (Å²) in [6.45, 7) is 0. The molecule has 0 bridgehead atoms. The van der Waals surface area contributed by atoms with Gasteiger partial charge < -0.3 is 0 Å². The van der Waals surface area contributed by atoms with Crippen molar-refractivity contribution in [3.05, 3.63) is 97.1 Å². The van der Waals surface area contributed by atoms with Gasteiger partial charge in [-0.1, -0.05) is 154 Å². The van der Waals surface area contributed by atoms with Crippen LogP contribution >= 0.6 is 0 Å². The van der Waals surface area contributed by atoms with Crippen LogP contribution in [0.25, 0.3) is 120 Å². The maximum atomic E-state index is 2.52. The van der Waals surface area contributed by atoms with Gasteiger partial charge in [0, 0.05) is 0 Å². The van der Waals surface area contributed by atoms with Crippen molar-refractivity contribution in [1.82, 2.24) is 0 Å². The third-order valence-corrected chi connectivity index (χ3v) is 19.6. The van der Waals surface area contributed by atoms with Gasteiger partial charge in [0.25, 0.3) is 0 Å². The van der Waals surface area contributed by atoms with E-state index >= 15 is 0 Å². The van der Waals surface area contributed by atoms with Crippen LogP contribution in [0, 0.1) is 0 Å². The van der Waals surface area contributed by atoms with Gasteiger partial charge in [-0.2, -0.15) is 0 Å². The zero-order chi connectivity index (χ0) is 52.4. The van der Waals surface area contributed by atoms with E-state index in [1.165, 1.54) is 219 Å². The van der Waals surface area contributed by atoms with Crippen molar-refractivity contribution in [1.29, 1.82) is 0 Å². The molecule has 12 aromatic rings. The van der Waals surface area contributed by atoms with E-state index in [1.807, 2.05) is 0 Å². The van der Waals surface area contributed by atoms with Crippen molar-refractivity contribution in [2.75, 3.05) is 0 Å². The van der Waals surface area contributed by atoms with Crippen molar-refractivity contribution in [3.8, 4) is 55.6 Å². The highest BCUT2D eigenvalue weighted by atomic mass is 14.3.